The molecule has 1 aromatic carbocycles. The van der Waals surface area contributed by atoms with Crippen LogP contribution < -0.4 is 40.2 Å². The second kappa shape index (κ2) is 12.1. The van der Waals surface area contributed by atoms with Gasteiger partial charge in [0.05, 0.1) is 12.8 Å². The molecule has 2 aliphatic heterocycles. The standard InChI is InChI=1S/C22H24N4O9S.Na/c27-19(16-8-4-10-25(16)22(30)35-13-14-6-2-1-3-7-14)24-18(17-9-5-11-34-17)20(28)23-15-12-26(21(15)29)36(31,32)33;/h1-3,5-7,9,11,15-16,18H,4,8,10,12-13H2,(H,23,28)(H,24,27)(H,31,32,33);/q;+1/p-1. The van der Waals surface area contributed by atoms with Crippen LogP contribution in [-0.4, -0.2) is 71.2 Å². The van der Waals surface area contributed by atoms with Gasteiger partial charge in [0.25, 0.3) is 11.8 Å². The van der Waals surface area contributed by atoms with E-state index in [1.54, 1.807) is 12.1 Å². The van der Waals surface area contributed by atoms with Crippen LogP contribution in [0.3, 0.4) is 0 Å². The van der Waals surface area contributed by atoms with Gasteiger partial charge in [0.1, 0.15) is 24.5 Å². The molecule has 4 rings (SSSR count). The first kappa shape index (κ1) is 28.7. The number of nitrogens with one attached hydrogen (secondary N) is 2. The molecule has 2 N–H and O–H groups in total. The number of nitrogens with zero attached hydrogens (tertiary/aromatic N) is 2. The van der Waals surface area contributed by atoms with Crippen molar-refractivity contribution >= 4 is 34.1 Å². The topological polar surface area (TPSA) is 178 Å². The SMILES string of the molecule is O=C(NC1CN(S(=O)(=O)[O-])C1=O)C(NC(=O)C1CCCN1C(=O)OCc1ccccc1)c1ccco1.[Na+]. The molecular weight excluding hydrogens is 519 g/mol. The molecule has 1 aromatic heterocycles. The zero-order valence-electron chi connectivity index (χ0n) is 19.9. The summed E-state index contributed by atoms with van der Waals surface area (Å²) in [5.41, 5.74) is 0.787. The summed E-state index contributed by atoms with van der Waals surface area (Å²) in [5.74, 6) is -2.51. The number of likely N-dealkylation sites (tertiary alicyclic amines) is 1. The molecule has 4 amide bonds. The predicted octanol–water partition coefficient (Wildman–Crippen LogP) is -2.97. The second-order valence-corrected chi connectivity index (χ2v) is 9.53. The summed E-state index contributed by atoms with van der Waals surface area (Å²) < 4.78 is 43.7. The average Bonchev–Trinajstić information content (AvgIpc) is 3.55. The fraction of sp³-hybridized carbons (Fsp3) is 0.364. The largest absolute Gasteiger partial charge is 1.00 e. The molecule has 192 valence electrons. The normalized spacial score (nSPS) is 19.9. The number of hydrogen-bond donors (Lipinski definition) is 2. The molecule has 3 unspecified atom stereocenters. The summed E-state index contributed by atoms with van der Waals surface area (Å²) in [6.45, 7) is -0.189. The van der Waals surface area contributed by atoms with E-state index in [2.05, 4.69) is 10.6 Å². The molecular formula is C22H23N4NaO9S. The number of rotatable bonds is 8. The summed E-state index contributed by atoms with van der Waals surface area (Å²) in [6, 6.07) is 8.46. The zero-order chi connectivity index (χ0) is 25.9. The van der Waals surface area contributed by atoms with Gasteiger partial charge in [-0.15, -0.1) is 0 Å². The molecule has 37 heavy (non-hydrogen) atoms. The summed E-state index contributed by atoms with van der Waals surface area (Å²) in [5, 5.41) is 4.84. The molecule has 3 heterocycles. The van der Waals surface area contributed by atoms with Crippen molar-refractivity contribution in [3.05, 3.63) is 60.1 Å². The van der Waals surface area contributed by atoms with Crippen molar-refractivity contribution in [1.29, 1.82) is 0 Å². The number of furan rings is 1. The third-order valence-electron chi connectivity index (χ3n) is 5.85. The molecule has 0 radical (unpaired) electrons. The number of benzene rings is 1. The first-order valence-electron chi connectivity index (χ1n) is 11.0. The average molecular weight is 543 g/mol. The van der Waals surface area contributed by atoms with Crippen LogP contribution in [0.4, 0.5) is 4.79 Å². The van der Waals surface area contributed by atoms with Crippen molar-refractivity contribution in [3.8, 4) is 0 Å². The second-order valence-electron chi connectivity index (χ2n) is 8.24. The van der Waals surface area contributed by atoms with Crippen LogP contribution >= 0.6 is 0 Å². The van der Waals surface area contributed by atoms with Crippen molar-refractivity contribution in [2.24, 2.45) is 0 Å². The van der Waals surface area contributed by atoms with Crippen LogP contribution in [0.5, 0.6) is 0 Å². The first-order chi connectivity index (χ1) is 17.1. The van der Waals surface area contributed by atoms with Crippen molar-refractivity contribution in [3.63, 3.8) is 0 Å². The van der Waals surface area contributed by atoms with Gasteiger partial charge in [-0.3, -0.25) is 19.3 Å². The Morgan fingerprint density at radius 1 is 1.16 bits per heavy atom. The minimum Gasteiger partial charge on any atom is -0.731 e. The van der Waals surface area contributed by atoms with Crippen molar-refractivity contribution in [2.45, 2.75) is 37.6 Å². The molecule has 0 spiro atoms. The smallest absolute Gasteiger partial charge is 0.731 e. The minimum atomic E-state index is -4.97. The number of β-lactam (4-membered cyclic amide) rings is 1. The molecule has 0 aliphatic carbocycles. The van der Waals surface area contributed by atoms with Gasteiger partial charge in [0, 0.05) is 6.54 Å². The molecule has 13 nitrogen and oxygen atoms in total. The van der Waals surface area contributed by atoms with E-state index >= 15 is 0 Å². The minimum absolute atomic E-state index is 0. The third kappa shape index (κ3) is 6.70. The van der Waals surface area contributed by atoms with Crippen LogP contribution in [0.15, 0.2) is 53.1 Å². The van der Waals surface area contributed by atoms with Crippen molar-refractivity contribution in [1.82, 2.24) is 19.8 Å². The van der Waals surface area contributed by atoms with E-state index in [-0.39, 0.29) is 46.2 Å². The summed E-state index contributed by atoms with van der Waals surface area (Å²) in [7, 11) is -4.97. The van der Waals surface area contributed by atoms with Crippen LogP contribution in [0.25, 0.3) is 0 Å². The molecule has 0 bridgehead atoms. The molecule has 15 heteroatoms. The Hall–Kier alpha value is -2.91. The molecule has 0 saturated carbocycles. The first-order valence-corrected chi connectivity index (χ1v) is 12.4. The van der Waals surface area contributed by atoms with E-state index in [1.807, 2.05) is 18.2 Å². The monoisotopic (exact) mass is 542 g/mol. The maximum absolute atomic E-state index is 13.1. The number of hydrogen-bond acceptors (Lipinski definition) is 9. The van der Waals surface area contributed by atoms with Crippen LogP contribution in [0, 0.1) is 0 Å². The maximum atomic E-state index is 13.1. The van der Waals surface area contributed by atoms with E-state index < -0.39 is 58.8 Å². The number of ether oxygens (including phenoxy) is 1. The molecule has 3 atom stereocenters. The summed E-state index contributed by atoms with van der Waals surface area (Å²) >= 11 is 0. The van der Waals surface area contributed by atoms with Crippen LogP contribution in [0.1, 0.15) is 30.2 Å². The Morgan fingerprint density at radius 2 is 1.89 bits per heavy atom. The quantitative estimate of drug-likeness (QED) is 0.200. The fourth-order valence-electron chi connectivity index (χ4n) is 3.98. The van der Waals surface area contributed by atoms with Gasteiger partial charge in [-0.1, -0.05) is 30.3 Å². The van der Waals surface area contributed by atoms with Crippen LogP contribution in [0.2, 0.25) is 0 Å². The maximum Gasteiger partial charge on any atom is 1.00 e. The van der Waals surface area contributed by atoms with Crippen molar-refractivity contribution < 1.29 is 70.9 Å². The molecule has 2 fully saturated rings. The Labute approximate surface area is 234 Å². The fourth-order valence-corrected chi connectivity index (χ4v) is 4.66. The number of amides is 4. The number of carbonyl (C=O) groups is 4. The van der Waals surface area contributed by atoms with E-state index in [9.17, 15) is 32.1 Å². The summed E-state index contributed by atoms with van der Waals surface area (Å²) in [6.07, 6.45) is 1.50. The van der Waals surface area contributed by atoms with Gasteiger partial charge < -0.3 is 24.3 Å². The third-order valence-corrected chi connectivity index (χ3v) is 6.72. The zero-order valence-corrected chi connectivity index (χ0v) is 22.7. The Kier molecular flexibility index (Phi) is 9.36. The van der Waals surface area contributed by atoms with Gasteiger partial charge in [0.15, 0.2) is 16.3 Å². The van der Waals surface area contributed by atoms with Gasteiger partial charge in [0.2, 0.25) is 5.91 Å². The summed E-state index contributed by atoms with van der Waals surface area (Å²) in [4.78, 5) is 51.8. The van der Waals surface area contributed by atoms with E-state index in [4.69, 9.17) is 9.15 Å². The predicted molar refractivity (Wildman–Crippen MR) is 119 cm³/mol. The van der Waals surface area contributed by atoms with E-state index in [0.717, 1.165) is 5.56 Å². The van der Waals surface area contributed by atoms with E-state index in [0.29, 0.717) is 19.4 Å². The van der Waals surface area contributed by atoms with Gasteiger partial charge in [-0.25, -0.2) is 17.5 Å². The van der Waals surface area contributed by atoms with Crippen molar-refractivity contribution in [2.75, 3.05) is 13.1 Å². The van der Waals surface area contributed by atoms with Crippen LogP contribution in [-0.2, 0) is 36.0 Å². The Bertz CT molecular complexity index is 1240. The Balaban J connectivity index is 0.00000380. The Morgan fingerprint density at radius 3 is 2.51 bits per heavy atom. The van der Waals surface area contributed by atoms with Gasteiger partial charge >= 0.3 is 35.7 Å². The van der Waals surface area contributed by atoms with Gasteiger partial charge in [-0.2, -0.15) is 0 Å². The van der Waals surface area contributed by atoms with E-state index in [1.165, 1.54) is 23.3 Å². The van der Waals surface area contributed by atoms with Gasteiger partial charge in [-0.05, 0) is 30.5 Å². The molecule has 2 aromatic rings. The number of carbonyl (C=O) groups excluding carboxylic acids is 4. The molecule has 2 aliphatic rings. The molecule has 2 saturated heterocycles.